The molecule has 0 saturated carbocycles. The molecule has 0 fully saturated rings. The molecule has 0 bridgehead atoms. The number of rotatable bonds is 8. The van der Waals surface area contributed by atoms with E-state index in [0.717, 1.165) is 11.3 Å². The number of methoxy groups -OCH3 is 2. The van der Waals surface area contributed by atoms with Crippen molar-refractivity contribution in [2.24, 2.45) is 4.99 Å². The van der Waals surface area contributed by atoms with E-state index in [2.05, 4.69) is 15.6 Å². The summed E-state index contributed by atoms with van der Waals surface area (Å²) in [5.74, 6) is 1.63. The number of benzene rings is 2. The second-order valence-electron chi connectivity index (χ2n) is 5.71. The van der Waals surface area contributed by atoms with E-state index in [9.17, 15) is 4.39 Å². The van der Waals surface area contributed by atoms with Crippen LogP contribution in [0.2, 0.25) is 0 Å². The third-order valence-corrected chi connectivity index (χ3v) is 3.82. The van der Waals surface area contributed by atoms with Crippen molar-refractivity contribution in [3.05, 3.63) is 53.3 Å². The first kappa shape index (κ1) is 24.0. The monoisotopic (exact) mass is 503 g/mol. The normalized spacial score (nSPS) is 10.8. The summed E-state index contributed by atoms with van der Waals surface area (Å²) in [5.41, 5.74) is 2.26. The van der Waals surface area contributed by atoms with Crippen molar-refractivity contribution in [3.63, 3.8) is 0 Å². The van der Waals surface area contributed by atoms with E-state index >= 15 is 0 Å². The first-order chi connectivity index (χ1) is 13.1. The molecule has 8 heteroatoms. The van der Waals surface area contributed by atoms with Crippen LogP contribution in [0.5, 0.6) is 11.5 Å². The quantitative estimate of drug-likeness (QED) is 0.322. The standard InChI is InChI=1S/C20H26FN3O3.HI/c1-5-27-18-9-7-16(11-19(18)26-4)24-20(22-2)23-12-14-6-8-17(21)15(10-14)13-25-3;/h6-11H,5,12-13H2,1-4H3,(H2,22,23,24);1H. The molecule has 2 aromatic carbocycles. The summed E-state index contributed by atoms with van der Waals surface area (Å²) in [6.07, 6.45) is 0. The van der Waals surface area contributed by atoms with Gasteiger partial charge in [-0.15, -0.1) is 24.0 Å². The molecule has 154 valence electrons. The van der Waals surface area contributed by atoms with Gasteiger partial charge in [0.25, 0.3) is 0 Å². The van der Waals surface area contributed by atoms with Crippen LogP contribution in [-0.4, -0.2) is 33.8 Å². The molecule has 0 amide bonds. The maximum Gasteiger partial charge on any atom is 0.195 e. The Kier molecular flexibility index (Phi) is 10.6. The average molecular weight is 503 g/mol. The number of nitrogens with one attached hydrogen (secondary N) is 2. The molecule has 0 unspecified atom stereocenters. The summed E-state index contributed by atoms with van der Waals surface area (Å²) < 4.78 is 29.6. The van der Waals surface area contributed by atoms with Gasteiger partial charge in [0.2, 0.25) is 0 Å². The van der Waals surface area contributed by atoms with E-state index < -0.39 is 0 Å². The molecule has 0 spiro atoms. The maximum absolute atomic E-state index is 13.7. The number of halogens is 2. The van der Waals surface area contributed by atoms with Crippen molar-refractivity contribution in [2.75, 3.05) is 33.2 Å². The van der Waals surface area contributed by atoms with E-state index in [1.807, 2.05) is 25.1 Å². The molecule has 0 aliphatic carbocycles. The van der Waals surface area contributed by atoms with Crippen molar-refractivity contribution in [2.45, 2.75) is 20.1 Å². The van der Waals surface area contributed by atoms with Gasteiger partial charge in [-0.25, -0.2) is 4.39 Å². The van der Waals surface area contributed by atoms with Crippen LogP contribution < -0.4 is 20.1 Å². The molecule has 0 aliphatic rings. The van der Waals surface area contributed by atoms with E-state index in [4.69, 9.17) is 14.2 Å². The van der Waals surface area contributed by atoms with Gasteiger partial charge in [-0.2, -0.15) is 0 Å². The van der Waals surface area contributed by atoms with Gasteiger partial charge < -0.3 is 24.8 Å². The van der Waals surface area contributed by atoms with E-state index in [1.54, 1.807) is 33.4 Å². The largest absolute Gasteiger partial charge is 0.493 e. The molecular weight excluding hydrogens is 476 g/mol. The minimum atomic E-state index is -0.274. The Balaban J connectivity index is 0.00000392. The van der Waals surface area contributed by atoms with Crippen LogP contribution in [0, 0.1) is 5.82 Å². The van der Waals surface area contributed by atoms with E-state index in [0.29, 0.717) is 36.2 Å². The smallest absolute Gasteiger partial charge is 0.195 e. The molecule has 2 aromatic rings. The van der Waals surface area contributed by atoms with Gasteiger partial charge in [0.15, 0.2) is 17.5 Å². The topological polar surface area (TPSA) is 64.1 Å². The number of hydrogen-bond donors (Lipinski definition) is 2. The summed E-state index contributed by atoms with van der Waals surface area (Å²) in [4.78, 5) is 4.21. The van der Waals surface area contributed by atoms with E-state index in [-0.39, 0.29) is 36.4 Å². The first-order valence-electron chi connectivity index (χ1n) is 8.66. The highest BCUT2D eigenvalue weighted by Gasteiger charge is 2.08. The van der Waals surface area contributed by atoms with Crippen molar-refractivity contribution in [1.29, 1.82) is 0 Å². The molecule has 0 radical (unpaired) electrons. The molecule has 0 atom stereocenters. The van der Waals surface area contributed by atoms with Crippen LogP contribution in [0.4, 0.5) is 10.1 Å². The molecule has 2 rings (SSSR count). The number of anilines is 1. The summed E-state index contributed by atoms with van der Waals surface area (Å²) >= 11 is 0. The SMILES string of the molecule is CCOc1ccc(NC(=NC)NCc2ccc(F)c(COC)c2)cc1OC.I. The lowest BCUT2D eigenvalue weighted by molar-refractivity contribution is 0.181. The molecular formula is C20H27FIN3O3. The fourth-order valence-corrected chi connectivity index (χ4v) is 2.53. The van der Waals surface area contributed by atoms with Crippen molar-refractivity contribution in [1.82, 2.24) is 5.32 Å². The second kappa shape index (κ2) is 12.4. The van der Waals surface area contributed by atoms with Crippen LogP contribution in [0.1, 0.15) is 18.1 Å². The number of guanidine groups is 1. The van der Waals surface area contributed by atoms with Crippen LogP contribution in [0.25, 0.3) is 0 Å². The zero-order valence-corrected chi connectivity index (χ0v) is 18.9. The predicted molar refractivity (Wildman–Crippen MR) is 121 cm³/mol. The summed E-state index contributed by atoms with van der Waals surface area (Å²) in [7, 11) is 4.82. The highest BCUT2D eigenvalue weighted by molar-refractivity contribution is 14.0. The Bertz CT molecular complexity index is 787. The van der Waals surface area contributed by atoms with Crippen LogP contribution in [0.3, 0.4) is 0 Å². The lowest BCUT2D eigenvalue weighted by Crippen LogP contribution is -2.30. The Morgan fingerprint density at radius 2 is 1.89 bits per heavy atom. The molecule has 0 aromatic heterocycles. The lowest BCUT2D eigenvalue weighted by atomic mass is 10.1. The zero-order chi connectivity index (χ0) is 19.6. The highest BCUT2D eigenvalue weighted by Crippen LogP contribution is 2.30. The van der Waals surface area contributed by atoms with Crippen molar-refractivity contribution < 1.29 is 18.6 Å². The summed E-state index contributed by atoms with van der Waals surface area (Å²) in [6, 6.07) is 10.5. The average Bonchev–Trinajstić information content (AvgIpc) is 2.68. The minimum absolute atomic E-state index is 0. The third-order valence-electron chi connectivity index (χ3n) is 3.82. The van der Waals surface area contributed by atoms with Crippen molar-refractivity contribution >= 4 is 35.6 Å². The molecule has 0 saturated heterocycles. The van der Waals surface area contributed by atoms with Crippen LogP contribution in [-0.2, 0) is 17.9 Å². The van der Waals surface area contributed by atoms with E-state index in [1.165, 1.54) is 6.07 Å². The van der Waals surface area contributed by atoms with Gasteiger partial charge in [0.1, 0.15) is 5.82 Å². The Labute approximate surface area is 182 Å². The third kappa shape index (κ3) is 6.83. The highest BCUT2D eigenvalue weighted by atomic mass is 127. The van der Waals surface area contributed by atoms with Gasteiger partial charge in [-0.1, -0.05) is 6.07 Å². The predicted octanol–water partition coefficient (Wildman–Crippen LogP) is 4.18. The summed E-state index contributed by atoms with van der Waals surface area (Å²) in [6.45, 7) is 3.21. The summed E-state index contributed by atoms with van der Waals surface area (Å²) in [5, 5.41) is 6.40. The van der Waals surface area contributed by atoms with Gasteiger partial charge in [0, 0.05) is 38.0 Å². The van der Waals surface area contributed by atoms with Crippen LogP contribution in [0.15, 0.2) is 41.4 Å². The van der Waals surface area contributed by atoms with Gasteiger partial charge in [-0.05, 0) is 36.8 Å². The fraction of sp³-hybridized carbons (Fsp3) is 0.350. The molecule has 0 heterocycles. The molecule has 28 heavy (non-hydrogen) atoms. The van der Waals surface area contributed by atoms with Gasteiger partial charge in [0.05, 0.1) is 20.3 Å². The van der Waals surface area contributed by atoms with Gasteiger partial charge in [-0.3, -0.25) is 4.99 Å². The van der Waals surface area contributed by atoms with Crippen molar-refractivity contribution in [3.8, 4) is 11.5 Å². The Morgan fingerprint density at radius 3 is 2.54 bits per heavy atom. The molecule has 0 aliphatic heterocycles. The minimum Gasteiger partial charge on any atom is -0.493 e. The fourth-order valence-electron chi connectivity index (χ4n) is 2.53. The first-order valence-corrected chi connectivity index (χ1v) is 8.66. The number of hydrogen-bond acceptors (Lipinski definition) is 4. The maximum atomic E-state index is 13.7. The number of nitrogens with zero attached hydrogens (tertiary/aromatic N) is 1. The molecule has 2 N–H and O–H groups in total. The zero-order valence-electron chi connectivity index (χ0n) is 16.5. The van der Waals surface area contributed by atoms with Crippen LogP contribution >= 0.6 is 24.0 Å². The molecule has 6 nitrogen and oxygen atoms in total. The number of ether oxygens (including phenoxy) is 3. The Morgan fingerprint density at radius 1 is 1.11 bits per heavy atom. The Hall–Kier alpha value is -2.07. The van der Waals surface area contributed by atoms with Gasteiger partial charge >= 0.3 is 0 Å². The second-order valence-corrected chi connectivity index (χ2v) is 5.71. The lowest BCUT2D eigenvalue weighted by Gasteiger charge is -2.15. The number of aliphatic imine (C=N–C) groups is 1.